The van der Waals surface area contributed by atoms with Crippen LogP contribution in [0.5, 0.6) is 0 Å². The van der Waals surface area contributed by atoms with Crippen LogP contribution in [0.1, 0.15) is 20.3 Å². The number of nitrogens with two attached hydrogens (primary N) is 1. The molecule has 1 amide bonds. The second-order valence-corrected chi connectivity index (χ2v) is 2.50. The van der Waals surface area contributed by atoms with E-state index < -0.39 is 0 Å². The van der Waals surface area contributed by atoms with Gasteiger partial charge in [0.25, 0.3) is 0 Å². The van der Waals surface area contributed by atoms with Crippen LogP contribution in [0.4, 0.5) is 0 Å². The van der Waals surface area contributed by atoms with Gasteiger partial charge < -0.3 is 5.73 Å². The highest BCUT2D eigenvalue weighted by Gasteiger charge is 2.05. The third-order valence-corrected chi connectivity index (χ3v) is 1.27. The molecule has 0 fully saturated rings. The van der Waals surface area contributed by atoms with Crippen molar-refractivity contribution in [1.29, 1.82) is 0 Å². The van der Waals surface area contributed by atoms with Gasteiger partial charge in [0, 0.05) is 6.42 Å². The molecule has 0 aliphatic heterocycles. The summed E-state index contributed by atoms with van der Waals surface area (Å²) in [7, 11) is 0. The maximum atomic E-state index is 10.9. The Labute approximate surface area is 67.0 Å². The molecule has 3 N–H and O–H groups in total. The van der Waals surface area contributed by atoms with Crippen LogP contribution in [-0.4, -0.2) is 19.1 Å². The summed E-state index contributed by atoms with van der Waals surface area (Å²) in [5.74, 6) is 0.111. The van der Waals surface area contributed by atoms with Crippen LogP contribution in [0.15, 0.2) is 0 Å². The predicted octanol–water partition coefficient (Wildman–Crippen LogP) is 0.0390. The minimum atomic E-state index is -0.107. The van der Waals surface area contributed by atoms with Gasteiger partial charge in [0.05, 0.1) is 6.61 Å². The number of amides is 1. The minimum Gasteiger partial charge on any atom is -0.330 e. The fourth-order valence-electron chi connectivity index (χ4n) is 0.594. The Morgan fingerprint density at radius 2 is 2.36 bits per heavy atom. The molecule has 0 spiro atoms. The summed E-state index contributed by atoms with van der Waals surface area (Å²) in [6.07, 6.45) is 0.427. The number of rotatable bonds is 5. The highest BCUT2D eigenvalue weighted by molar-refractivity contribution is 5.74. The van der Waals surface area contributed by atoms with Crippen LogP contribution in [0, 0.1) is 5.92 Å². The zero-order valence-corrected chi connectivity index (χ0v) is 7.09. The smallest absolute Gasteiger partial charge is 0.243 e. The molecule has 11 heavy (non-hydrogen) atoms. The Morgan fingerprint density at radius 1 is 1.73 bits per heavy atom. The molecule has 0 bridgehead atoms. The molecule has 0 heterocycles. The molecule has 0 aliphatic carbocycles. The van der Waals surface area contributed by atoms with Crippen LogP contribution >= 0.6 is 0 Å². The van der Waals surface area contributed by atoms with Gasteiger partial charge in [-0.2, -0.15) is 0 Å². The van der Waals surface area contributed by atoms with Gasteiger partial charge in [-0.15, -0.1) is 0 Å². The van der Waals surface area contributed by atoms with E-state index in [4.69, 9.17) is 10.6 Å². The average Bonchev–Trinajstić information content (AvgIpc) is 2.00. The molecular weight excluding hydrogens is 144 g/mol. The zero-order chi connectivity index (χ0) is 8.69. The van der Waals surface area contributed by atoms with Crippen LogP contribution in [0.2, 0.25) is 0 Å². The lowest BCUT2D eigenvalue weighted by Gasteiger charge is -2.07. The summed E-state index contributed by atoms with van der Waals surface area (Å²) in [6.45, 7) is 4.75. The summed E-state index contributed by atoms with van der Waals surface area (Å²) < 4.78 is 0. The first-order chi connectivity index (χ1) is 5.20. The molecule has 66 valence electrons. The molecule has 0 saturated carbocycles. The van der Waals surface area contributed by atoms with E-state index in [9.17, 15) is 4.79 Å². The van der Waals surface area contributed by atoms with Gasteiger partial charge in [-0.3, -0.25) is 9.63 Å². The highest BCUT2D eigenvalue weighted by atomic mass is 16.6. The topological polar surface area (TPSA) is 64.3 Å². The Hall–Kier alpha value is -0.610. The number of carbonyl (C=O) groups excluding carboxylic acids is 1. The highest BCUT2D eigenvalue weighted by Crippen LogP contribution is 1.97. The molecule has 0 rings (SSSR count). The quantitative estimate of drug-likeness (QED) is 0.558. The molecule has 4 heteroatoms. The SMILES string of the molecule is CCONC(=O)CC(C)CN. The molecule has 0 saturated heterocycles. The van der Waals surface area contributed by atoms with Crippen molar-refractivity contribution in [2.24, 2.45) is 11.7 Å². The Bertz CT molecular complexity index is 117. The number of carbonyl (C=O) groups is 1. The first kappa shape index (κ1) is 10.4. The van der Waals surface area contributed by atoms with Gasteiger partial charge in [-0.1, -0.05) is 6.92 Å². The zero-order valence-electron chi connectivity index (χ0n) is 7.09. The van der Waals surface area contributed by atoms with Crippen molar-refractivity contribution in [2.45, 2.75) is 20.3 Å². The molecule has 0 radical (unpaired) electrons. The van der Waals surface area contributed by atoms with Gasteiger partial charge in [-0.05, 0) is 19.4 Å². The third kappa shape index (κ3) is 5.82. The van der Waals surface area contributed by atoms with E-state index in [0.29, 0.717) is 19.6 Å². The molecule has 0 aliphatic rings. The van der Waals surface area contributed by atoms with Gasteiger partial charge in [0.2, 0.25) is 5.91 Å². The average molecular weight is 160 g/mol. The van der Waals surface area contributed by atoms with Gasteiger partial charge in [-0.25, -0.2) is 5.48 Å². The van der Waals surface area contributed by atoms with Crippen LogP contribution in [0.3, 0.4) is 0 Å². The van der Waals surface area contributed by atoms with E-state index in [1.54, 1.807) is 0 Å². The summed E-state index contributed by atoms with van der Waals surface area (Å²) >= 11 is 0. The monoisotopic (exact) mass is 160 g/mol. The molecule has 0 aromatic carbocycles. The second-order valence-electron chi connectivity index (χ2n) is 2.50. The van der Waals surface area contributed by atoms with Gasteiger partial charge in [0.15, 0.2) is 0 Å². The van der Waals surface area contributed by atoms with Crippen LogP contribution in [-0.2, 0) is 9.63 Å². The van der Waals surface area contributed by atoms with Crippen molar-refractivity contribution in [3.05, 3.63) is 0 Å². The maximum Gasteiger partial charge on any atom is 0.243 e. The fourth-order valence-corrected chi connectivity index (χ4v) is 0.594. The number of nitrogens with one attached hydrogen (secondary N) is 1. The van der Waals surface area contributed by atoms with Crippen molar-refractivity contribution in [2.75, 3.05) is 13.2 Å². The van der Waals surface area contributed by atoms with E-state index in [0.717, 1.165) is 0 Å². The Kier molecular flexibility index (Phi) is 5.78. The summed E-state index contributed by atoms with van der Waals surface area (Å²) in [5, 5.41) is 0. The van der Waals surface area contributed by atoms with E-state index >= 15 is 0 Å². The summed E-state index contributed by atoms with van der Waals surface area (Å²) in [6, 6.07) is 0. The third-order valence-electron chi connectivity index (χ3n) is 1.27. The van der Waals surface area contributed by atoms with Gasteiger partial charge >= 0.3 is 0 Å². The predicted molar refractivity (Wildman–Crippen MR) is 42.6 cm³/mol. The molecule has 1 atom stereocenters. The number of hydrogen-bond donors (Lipinski definition) is 2. The summed E-state index contributed by atoms with van der Waals surface area (Å²) in [5.41, 5.74) is 7.63. The van der Waals surface area contributed by atoms with E-state index in [1.165, 1.54) is 0 Å². The molecular formula is C7H16N2O2. The van der Waals surface area contributed by atoms with Crippen molar-refractivity contribution >= 4 is 5.91 Å². The molecule has 0 aromatic rings. The minimum absolute atomic E-state index is 0.107. The lowest BCUT2D eigenvalue weighted by Crippen LogP contribution is -2.27. The standard InChI is InChI=1S/C7H16N2O2/c1-3-11-9-7(10)4-6(2)5-8/h6H,3-5,8H2,1-2H3,(H,9,10). The van der Waals surface area contributed by atoms with Gasteiger partial charge in [0.1, 0.15) is 0 Å². The molecule has 0 aromatic heterocycles. The van der Waals surface area contributed by atoms with E-state index in [-0.39, 0.29) is 11.8 Å². The van der Waals surface area contributed by atoms with Crippen LogP contribution in [0.25, 0.3) is 0 Å². The second kappa shape index (κ2) is 6.12. The lowest BCUT2D eigenvalue weighted by molar-refractivity contribution is -0.133. The van der Waals surface area contributed by atoms with Crippen molar-refractivity contribution in [3.63, 3.8) is 0 Å². The maximum absolute atomic E-state index is 10.9. The largest absolute Gasteiger partial charge is 0.330 e. The fraction of sp³-hybridized carbons (Fsp3) is 0.857. The van der Waals surface area contributed by atoms with E-state index in [2.05, 4.69) is 5.48 Å². The molecule has 1 unspecified atom stereocenters. The van der Waals surface area contributed by atoms with Crippen molar-refractivity contribution in [1.82, 2.24) is 5.48 Å². The molecule has 4 nitrogen and oxygen atoms in total. The summed E-state index contributed by atoms with van der Waals surface area (Å²) in [4.78, 5) is 15.6. The first-order valence-corrected chi connectivity index (χ1v) is 3.81. The number of hydroxylamine groups is 1. The van der Waals surface area contributed by atoms with Crippen molar-refractivity contribution in [3.8, 4) is 0 Å². The number of hydrogen-bond acceptors (Lipinski definition) is 3. The van der Waals surface area contributed by atoms with E-state index in [1.807, 2.05) is 13.8 Å². The lowest BCUT2D eigenvalue weighted by atomic mass is 10.1. The normalized spacial score (nSPS) is 12.6. The first-order valence-electron chi connectivity index (χ1n) is 3.81. The van der Waals surface area contributed by atoms with Crippen LogP contribution < -0.4 is 11.2 Å². The Morgan fingerprint density at radius 3 is 2.82 bits per heavy atom. The Balaban J connectivity index is 3.36. The van der Waals surface area contributed by atoms with Crippen molar-refractivity contribution < 1.29 is 9.63 Å².